The molecule has 0 unspecified atom stereocenters. The highest BCUT2D eigenvalue weighted by atomic mass is 19.1. The van der Waals surface area contributed by atoms with Gasteiger partial charge in [-0.15, -0.1) is 0 Å². The van der Waals surface area contributed by atoms with Crippen LogP contribution in [-0.4, -0.2) is 6.54 Å². The van der Waals surface area contributed by atoms with E-state index in [0.29, 0.717) is 19.4 Å². The predicted molar refractivity (Wildman–Crippen MR) is 68.4 cm³/mol. The second-order valence-corrected chi connectivity index (χ2v) is 4.26. The van der Waals surface area contributed by atoms with Crippen molar-refractivity contribution in [3.63, 3.8) is 0 Å². The quantitative estimate of drug-likeness (QED) is 0.883. The Morgan fingerprint density at radius 2 is 1.67 bits per heavy atom. The summed E-state index contributed by atoms with van der Waals surface area (Å²) in [6.07, 6.45) is 1.22. The Morgan fingerprint density at radius 1 is 0.889 bits per heavy atom. The highest BCUT2D eigenvalue weighted by Crippen LogP contribution is 2.17. The van der Waals surface area contributed by atoms with Crippen molar-refractivity contribution in [2.24, 2.45) is 5.73 Å². The molecule has 2 aromatic rings. The minimum Gasteiger partial charge on any atom is -0.330 e. The molecule has 18 heavy (non-hydrogen) atoms. The molecule has 0 amide bonds. The molecule has 2 N–H and O–H groups in total. The van der Waals surface area contributed by atoms with Crippen LogP contribution in [0.25, 0.3) is 0 Å². The second kappa shape index (κ2) is 5.74. The first-order chi connectivity index (χ1) is 8.69. The lowest BCUT2D eigenvalue weighted by Crippen LogP contribution is -2.06. The van der Waals surface area contributed by atoms with Gasteiger partial charge in [-0.3, -0.25) is 0 Å². The number of benzene rings is 2. The molecule has 0 aliphatic rings. The van der Waals surface area contributed by atoms with Crippen LogP contribution in [0.5, 0.6) is 0 Å². The maximum Gasteiger partial charge on any atom is 0.123 e. The summed E-state index contributed by atoms with van der Waals surface area (Å²) in [5.74, 6) is -0.517. The Bertz CT molecular complexity index is 538. The van der Waals surface area contributed by atoms with Crippen LogP contribution in [0, 0.1) is 11.6 Å². The van der Waals surface area contributed by atoms with Gasteiger partial charge >= 0.3 is 0 Å². The van der Waals surface area contributed by atoms with Crippen molar-refractivity contribution in [2.75, 3.05) is 6.54 Å². The van der Waals surface area contributed by atoms with E-state index in [1.807, 2.05) is 6.07 Å². The summed E-state index contributed by atoms with van der Waals surface area (Å²) in [5, 5.41) is 0. The zero-order chi connectivity index (χ0) is 13.0. The molecule has 0 aliphatic heterocycles. The van der Waals surface area contributed by atoms with Gasteiger partial charge in [-0.2, -0.15) is 0 Å². The van der Waals surface area contributed by atoms with Gasteiger partial charge in [0, 0.05) is 0 Å². The van der Waals surface area contributed by atoms with Crippen LogP contribution in [0.1, 0.15) is 16.7 Å². The van der Waals surface area contributed by atoms with Crippen LogP contribution in [0.2, 0.25) is 0 Å². The first-order valence-corrected chi connectivity index (χ1v) is 5.91. The van der Waals surface area contributed by atoms with Gasteiger partial charge in [-0.1, -0.05) is 18.2 Å². The van der Waals surface area contributed by atoms with Gasteiger partial charge < -0.3 is 5.73 Å². The van der Waals surface area contributed by atoms with Crippen molar-refractivity contribution in [3.05, 3.63) is 70.8 Å². The Labute approximate surface area is 105 Å². The molecule has 0 radical (unpaired) electrons. The Balaban J connectivity index is 2.28. The van der Waals surface area contributed by atoms with E-state index in [9.17, 15) is 8.78 Å². The van der Waals surface area contributed by atoms with Crippen molar-refractivity contribution >= 4 is 0 Å². The van der Waals surface area contributed by atoms with Gasteiger partial charge in [0.25, 0.3) is 0 Å². The lowest BCUT2D eigenvalue weighted by molar-refractivity contribution is 0.623. The maximum atomic E-state index is 13.2. The zero-order valence-corrected chi connectivity index (χ0v) is 10.00. The van der Waals surface area contributed by atoms with Crippen molar-refractivity contribution in [2.45, 2.75) is 12.8 Å². The Morgan fingerprint density at radius 3 is 2.39 bits per heavy atom. The molecule has 1 nitrogen and oxygen atoms in total. The van der Waals surface area contributed by atoms with E-state index in [1.165, 1.54) is 24.3 Å². The molecular weight excluding hydrogens is 232 g/mol. The van der Waals surface area contributed by atoms with Gasteiger partial charge in [0.1, 0.15) is 11.6 Å². The first kappa shape index (κ1) is 12.7. The van der Waals surface area contributed by atoms with Crippen LogP contribution in [0.15, 0.2) is 42.5 Å². The van der Waals surface area contributed by atoms with Gasteiger partial charge in [-0.25, -0.2) is 8.78 Å². The number of rotatable bonds is 4. The number of halogens is 2. The minimum absolute atomic E-state index is 0.255. The van der Waals surface area contributed by atoms with E-state index in [1.54, 1.807) is 12.1 Å². The van der Waals surface area contributed by atoms with E-state index in [2.05, 4.69) is 0 Å². The first-order valence-electron chi connectivity index (χ1n) is 5.91. The largest absolute Gasteiger partial charge is 0.330 e. The molecule has 0 spiro atoms. The lowest BCUT2D eigenvalue weighted by Gasteiger charge is -2.09. The number of hydrogen-bond donors (Lipinski definition) is 1. The third-order valence-corrected chi connectivity index (χ3v) is 2.87. The highest BCUT2D eigenvalue weighted by molar-refractivity contribution is 5.33. The molecular formula is C15H15F2N. The average molecular weight is 247 g/mol. The average Bonchev–Trinajstić information content (AvgIpc) is 2.33. The molecule has 0 saturated heterocycles. The van der Waals surface area contributed by atoms with Crippen molar-refractivity contribution in [3.8, 4) is 0 Å². The summed E-state index contributed by atoms with van der Waals surface area (Å²) in [7, 11) is 0. The fourth-order valence-electron chi connectivity index (χ4n) is 2.02. The fourth-order valence-corrected chi connectivity index (χ4v) is 2.02. The molecule has 0 aromatic heterocycles. The standard InChI is InChI=1S/C15H15F2N/c16-14-3-1-2-11(9-14)8-12-4-5-15(17)10-13(12)6-7-18/h1-5,9-10H,6-8,18H2. The molecule has 0 saturated carbocycles. The van der Waals surface area contributed by atoms with E-state index >= 15 is 0 Å². The lowest BCUT2D eigenvalue weighted by atomic mass is 9.98. The van der Waals surface area contributed by atoms with Gasteiger partial charge in [0.05, 0.1) is 0 Å². The molecule has 0 fully saturated rings. The molecule has 0 atom stereocenters. The predicted octanol–water partition coefficient (Wildman–Crippen LogP) is 3.06. The third-order valence-electron chi connectivity index (χ3n) is 2.87. The van der Waals surface area contributed by atoms with Crippen molar-refractivity contribution in [1.29, 1.82) is 0 Å². The van der Waals surface area contributed by atoms with Gasteiger partial charge in [0.2, 0.25) is 0 Å². The molecule has 3 heteroatoms. The van der Waals surface area contributed by atoms with E-state index in [-0.39, 0.29) is 11.6 Å². The fraction of sp³-hybridized carbons (Fsp3) is 0.200. The van der Waals surface area contributed by atoms with Crippen LogP contribution < -0.4 is 5.73 Å². The summed E-state index contributed by atoms with van der Waals surface area (Å²) in [6.45, 7) is 0.472. The number of nitrogens with two attached hydrogens (primary N) is 1. The third kappa shape index (κ3) is 3.14. The topological polar surface area (TPSA) is 26.0 Å². The van der Waals surface area contributed by atoms with E-state index in [0.717, 1.165) is 16.7 Å². The molecule has 0 bridgehead atoms. The van der Waals surface area contributed by atoms with Crippen LogP contribution in [-0.2, 0) is 12.8 Å². The van der Waals surface area contributed by atoms with E-state index in [4.69, 9.17) is 5.73 Å². The molecule has 0 aliphatic carbocycles. The van der Waals surface area contributed by atoms with Crippen LogP contribution >= 0.6 is 0 Å². The minimum atomic E-state index is -0.263. The molecule has 0 heterocycles. The molecule has 2 aromatic carbocycles. The highest BCUT2D eigenvalue weighted by Gasteiger charge is 2.05. The van der Waals surface area contributed by atoms with Crippen molar-refractivity contribution in [1.82, 2.24) is 0 Å². The monoisotopic (exact) mass is 247 g/mol. The van der Waals surface area contributed by atoms with E-state index < -0.39 is 0 Å². The normalized spacial score (nSPS) is 10.6. The Hall–Kier alpha value is -1.74. The SMILES string of the molecule is NCCc1cc(F)ccc1Cc1cccc(F)c1. The smallest absolute Gasteiger partial charge is 0.123 e. The van der Waals surface area contributed by atoms with Crippen LogP contribution in [0.3, 0.4) is 0 Å². The molecule has 2 rings (SSSR count). The van der Waals surface area contributed by atoms with Gasteiger partial charge in [0.15, 0.2) is 0 Å². The van der Waals surface area contributed by atoms with Crippen LogP contribution in [0.4, 0.5) is 8.78 Å². The zero-order valence-electron chi connectivity index (χ0n) is 10.00. The van der Waals surface area contributed by atoms with Gasteiger partial charge in [-0.05, 0) is 60.3 Å². The Kier molecular flexibility index (Phi) is 4.05. The molecule has 94 valence electrons. The maximum absolute atomic E-state index is 13.2. The number of hydrogen-bond acceptors (Lipinski definition) is 1. The van der Waals surface area contributed by atoms with Crippen molar-refractivity contribution < 1.29 is 8.78 Å². The summed E-state index contributed by atoms with van der Waals surface area (Å²) >= 11 is 0. The summed E-state index contributed by atoms with van der Waals surface area (Å²) < 4.78 is 26.3. The second-order valence-electron chi connectivity index (χ2n) is 4.26. The summed E-state index contributed by atoms with van der Waals surface area (Å²) in [5.41, 5.74) is 8.27. The summed E-state index contributed by atoms with van der Waals surface area (Å²) in [6, 6.07) is 11.1. The summed E-state index contributed by atoms with van der Waals surface area (Å²) in [4.78, 5) is 0.